The van der Waals surface area contributed by atoms with E-state index in [9.17, 15) is 9.18 Å². The Morgan fingerprint density at radius 2 is 2.05 bits per heavy atom. The van der Waals surface area contributed by atoms with Crippen LogP contribution in [0.25, 0.3) is 0 Å². The van der Waals surface area contributed by atoms with Crippen LogP contribution in [0.15, 0.2) is 45.8 Å². The molecule has 1 N–H and O–H groups in total. The van der Waals surface area contributed by atoms with Crippen molar-refractivity contribution in [2.24, 2.45) is 0 Å². The van der Waals surface area contributed by atoms with E-state index in [-0.39, 0.29) is 10.7 Å². The van der Waals surface area contributed by atoms with Crippen LogP contribution in [0.1, 0.15) is 10.4 Å². The molecule has 0 aliphatic heterocycles. The van der Waals surface area contributed by atoms with Gasteiger partial charge in [0.1, 0.15) is 5.82 Å². The number of para-hydroxylation sites is 1. The molecule has 98 valence electrons. The second kappa shape index (κ2) is 5.94. The topological polar surface area (TPSA) is 29.1 Å². The molecule has 19 heavy (non-hydrogen) atoms. The quantitative estimate of drug-likeness (QED) is 0.741. The largest absolute Gasteiger partial charge is 0.318 e. The third-order valence-corrected chi connectivity index (χ3v) is 3.68. The Labute approximate surface area is 128 Å². The second-order valence-corrected chi connectivity index (χ2v) is 5.49. The van der Waals surface area contributed by atoms with Gasteiger partial charge in [-0.25, -0.2) is 4.39 Å². The van der Waals surface area contributed by atoms with Crippen LogP contribution >= 0.6 is 40.2 Å². The first-order valence-electron chi connectivity index (χ1n) is 5.23. The fraction of sp³-hybridized carbons (Fsp3) is 0. The summed E-state index contributed by atoms with van der Waals surface area (Å²) < 4.78 is 14.2. The molecule has 0 radical (unpaired) electrons. The van der Waals surface area contributed by atoms with Crippen LogP contribution in [0.3, 0.4) is 0 Å². The molecule has 1 amide bonds. The monoisotopic (exact) mass is 359 g/mol. The minimum atomic E-state index is -0.584. The van der Waals surface area contributed by atoms with Gasteiger partial charge >= 0.3 is 0 Å². The molecule has 0 bridgehead atoms. The molecule has 2 aromatic carbocycles. The number of amides is 1. The van der Waals surface area contributed by atoms with Crippen molar-refractivity contribution >= 4 is 51.8 Å². The van der Waals surface area contributed by atoms with Crippen molar-refractivity contribution in [3.05, 3.63) is 57.3 Å². The van der Waals surface area contributed by atoms with Crippen molar-refractivity contribution < 1.29 is 9.18 Å². The molecule has 0 saturated heterocycles. The normalized spacial score (nSPS) is 10.3. The molecule has 0 fully saturated rings. The molecule has 0 aliphatic rings. The Hall–Kier alpha value is -1.04. The molecule has 0 aromatic heterocycles. The Kier molecular flexibility index (Phi) is 4.50. The maximum absolute atomic E-state index is 13.6. The van der Waals surface area contributed by atoms with Crippen LogP contribution in [0.5, 0.6) is 0 Å². The van der Waals surface area contributed by atoms with Crippen molar-refractivity contribution in [3.63, 3.8) is 0 Å². The third-order valence-electron chi connectivity index (χ3n) is 2.40. The molecule has 0 atom stereocenters. The van der Waals surface area contributed by atoms with Crippen molar-refractivity contribution in [3.8, 4) is 0 Å². The average molecular weight is 361 g/mol. The van der Waals surface area contributed by atoms with E-state index in [1.54, 1.807) is 18.2 Å². The van der Waals surface area contributed by atoms with Crippen LogP contribution in [0.4, 0.5) is 10.1 Å². The van der Waals surface area contributed by atoms with Gasteiger partial charge < -0.3 is 5.32 Å². The fourth-order valence-electron chi connectivity index (χ4n) is 1.49. The summed E-state index contributed by atoms with van der Waals surface area (Å²) in [6, 6.07) is 9.21. The summed E-state index contributed by atoms with van der Waals surface area (Å²) in [6.45, 7) is 0. The summed E-state index contributed by atoms with van der Waals surface area (Å²) >= 11 is 13.3. The molecule has 0 heterocycles. The summed E-state index contributed by atoms with van der Waals surface area (Å²) in [4.78, 5) is 12.7. The summed E-state index contributed by atoms with van der Waals surface area (Å²) in [5.41, 5.74) is 0.317. The van der Waals surface area contributed by atoms with Gasteiger partial charge in [-0.1, -0.05) is 17.7 Å². The Morgan fingerprint density at radius 1 is 1.32 bits per heavy atom. The smallest absolute Gasteiger partial charge is 0.256 e. The third kappa shape index (κ3) is 3.29. The van der Waals surface area contributed by atoms with Gasteiger partial charge in [0.05, 0.1) is 16.3 Å². The summed E-state index contributed by atoms with van der Waals surface area (Å²) in [7, 11) is 0. The van der Waals surface area contributed by atoms with E-state index in [0.717, 1.165) is 0 Å². The summed E-state index contributed by atoms with van der Waals surface area (Å²) in [5, 5.41) is 2.60. The first-order valence-corrected chi connectivity index (χ1v) is 6.84. The molecule has 0 spiro atoms. The molecular formula is C13H8BrClFNOS. The maximum atomic E-state index is 13.6. The van der Waals surface area contributed by atoms with Gasteiger partial charge in [-0.3, -0.25) is 4.79 Å². The van der Waals surface area contributed by atoms with Crippen LogP contribution in [0.2, 0.25) is 5.02 Å². The Balaban J connectivity index is 2.34. The van der Waals surface area contributed by atoms with Gasteiger partial charge in [-0.05, 0) is 46.3 Å². The molecule has 0 saturated carbocycles. The summed E-state index contributed by atoms with van der Waals surface area (Å²) in [6.07, 6.45) is 0. The second-order valence-electron chi connectivity index (χ2n) is 3.71. The molecule has 6 heteroatoms. The highest BCUT2D eigenvalue weighted by molar-refractivity contribution is 9.10. The van der Waals surface area contributed by atoms with Gasteiger partial charge in [0.2, 0.25) is 0 Å². The van der Waals surface area contributed by atoms with Gasteiger partial charge in [-0.15, -0.1) is 12.6 Å². The van der Waals surface area contributed by atoms with Crippen LogP contribution in [-0.4, -0.2) is 5.91 Å². The average Bonchev–Trinajstić information content (AvgIpc) is 2.37. The van der Waals surface area contributed by atoms with Gasteiger partial charge in [-0.2, -0.15) is 0 Å². The lowest BCUT2D eigenvalue weighted by molar-refractivity contribution is 0.102. The van der Waals surface area contributed by atoms with Crippen LogP contribution in [-0.2, 0) is 0 Å². The molecule has 0 aliphatic carbocycles. The molecule has 2 nitrogen and oxygen atoms in total. The predicted molar refractivity (Wildman–Crippen MR) is 80.8 cm³/mol. The standard InChI is InChI=1S/C13H8BrClFNOS/c14-9-5-4-7(19)6-8(9)13(18)17-12-10(15)2-1-3-11(12)16/h1-6,19H,(H,17,18). The van der Waals surface area contributed by atoms with Gasteiger partial charge in [0.25, 0.3) is 5.91 Å². The first-order chi connectivity index (χ1) is 8.99. The van der Waals surface area contributed by atoms with Gasteiger partial charge in [0.15, 0.2) is 0 Å². The SMILES string of the molecule is O=C(Nc1c(F)cccc1Cl)c1cc(S)ccc1Br. The number of carbonyl (C=O) groups excluding carboxylic acids is 1. The highest BCUT2D eigenvalue weighted by Gasteiger charge is 2.14. The minimum Gasteiger partial charge on any atom is -0.318 e. The zero-order valence-electron chi connectivity index (χ0n) is 9.45. The number of halogens is 3. The number of thiol groups is 1. The number of benzene rings is 2. The predicted octanol–water partition coefficient (Wildman–Crippen LogP) is 4.78. The molecular weight excluding hydrogens is 353 g/mol. The number of carbonyl (C=O) groups is 1. The highest BCUT2D eigenvalue weighted by Crippen LogP contribution is 2.27. The number of anilines is 1. The first kappa shape index (κ1) is 14.4. The van der Waals surface area contributed by atoms with Crippen LogP contribution in [0, 0.1) is 5.82 Å². The number of hydrogen-bond acceptors (Lipinski definition) is 2. The Morgan fingerprint density at radius 3 is 2.74 bits per heavy atom. The lowest BCUT2D eigenvalue weighted by Crippen LogP contribution is -2.14. The Bertz CT molecular complexity index is 630. The van der Waals surface area contributed by atoms with E-state index in [1.165, 1.54) is 18.2 Å². The van der Waals surface area contributed by atoms with Crippen molar-refractivity contribution in [1.82, 2.24) is 0 Å². The molecule has 2 rings (SSSR count). The van der Waals surface area contributed by atoms with E-state index in [4.69, 9.17) is 11.6 Å². The van der Waals surface area contributed by atoms with E-state index in [0.29, 0.717) is 14.9 Å². The molecule has 0 unspecified atom stereocenters. The zero-order chi connectivity index (χ0) is 14.0. The maximum Gasteiger partial charge on any atom is 0.256 e. The number of nitrogens with one attached hydrogen (secondary N) is 1. The number of hydrogen-bond donors (Lipinski definition) is 2. The van der Waals surface area contributed by atoms with Crippen molar-refractivity contribution in [1.29, 1.82) is 0 Å². The number of rotatable bonds is 2. The van der Waals surface area contributed by atoms with Gasteiger partial charge in [0, 0.05) is 9.37 Å². The van der Waals surface area contributed by atoms with E-state index in [1.807, 2.05) is 0 Å². The molecule has 2 aromatic rings. The minimum absolute atomic E-state index is 0.0364. The van der Waals surface area contributed by atoms with Crippen molar-refractivity contribution in [2.75, 3.05) is 5.32 Å². The van der Waals surface area contributed by atoms with Crippen LogP contribution < -0.4 is 5.32 Å². The fourth-order valence-corrected chi connectivity index (χ4v) is 2.33. The highest BCUT2D eigenvalue weighted by atomic mass is 79.9. The zero-order valence-corrected chi connectivity index (χ0v) is 12.7. The van der Waals surface area contributed by atoms with E-state index in [2.05, 4.69) is 33.9 Å². The summed E-state index contributed by atoms with van der Waals surface area (Å²) in [5.74, 6) is -1.05. The van der Waals surface area contributed by atoms with E-state index >= 15 is 0 Å². The van der Waals surface area contributed by atoms with E-state index < -0.39 is 11.7 Å². The van der Waals surface area contributed by atoms with Crippen molar-refractivity contribution in [2.45, 2.75) is 4.90 Å². The lowest BCUT2D eigenvalue weighted by atomic mass is 10.2. The lowest BCUT2D eigenvalue weighted by Gasteiger charge is -2.09.